The van der Waals surface area contributed by atoms with Crippen molar-refractivity contribution in [1.82, 2.24) is 0 Å². The average Bonchev–Trinajstić information content (AvgIpc) is 2.26. The van der Waals surface area contributed by atoms with Crippen LogP contribution in [0, 0.1) is 0 Å². The molecule has 0 fully saturated rings. The van der Waals surface area contributed by atoms with Crippen LogP contribution in [0.5, 0.6) is 0 Å². The van der Waals surface area contributed by atoms with Gasteiger partial charge in [-0.25, -0.2) is 0 Å². The third kappa shape index (κ3) is 4.56. The van der Waals surface area contributed by atoms with Crippen LogP contribution in [0.4, 0.5) is 5.69 Å². The molecule has 8 nitrogen and oxygen atoms in total. The Bertz CT molecular complexity index is 580. The fourth-order valence-corrected chi connectivity index (χ4v) is 1.93. The zero-order chi connectivity index (χ0) is 14.6. The monoisotopic (exact) mass is 289 g/mol. The van der Waals surface area contributed by atoms with Gasteiger partial charge in [0.1, 0.15) is 13.1 Å². The van der Waals surface area contributed by atoms with Crippen molar-refractivity contribution in [2.75, 3.05) is 18.0 Å². The van der Waals surface area contributed by atoms with Crippen molar-refractivity contribution in [3.8, 4) is 0 Å². The molecule has 0 spiro atoms. The van der Waals surface area contributed by atoms with E-state index >= 15 is 0 Å². The minimum Gasteiger partial charge on any atom is -0.480 e. The average molecular weight is 289 g/mol. The highest BCUT2D eigenvalue weighted by Crippen LogP contribution is 2.19. The molecule has 1 aromatic rings. The van der Waals surface area contributed by atoms with Crippen molar-refractivity contribution in [3.05, 3.63) is 24.3 Å². The van der Waals surface area contributed by atoms with E-state index in [4.69, 9.17) is 14.8 Å². The summed E-state index contributed by atoms with van der Waals surface area (Å²) >= 11 is 0. The lowest BCUT2D eigenvalue weighted by Gasteiger charge is -2.20. The molecule has 9 heteroatoms. The summed E-state index contributed by atoms with van der Waals surface area (Å²) in [5.74, 6) is -2.53. The number of anilines is 1. The highest BCUT2D eigenvalue weighted by atomic mass is 32.2. The minimum absolute atomic E-state index is 0.0694. The first-order valence-electron chi connectivity index (χ1n) is 4.96. The van der Waals surface area contributed by atoms with Gasteiger partial charge in [-0.05, 0) is 18.2 Å². The van der Waals surface area contributed by atoms with E-state index in [0.717, 1.165) is 17.0 Å². The van der Waals surface area contributed by atoms with Crippen molar-refractivity contribution in [1.29, 1.82) is 0 Å². The highest BCUT2D eigenvalue weighted by Gasteiger charge is 2.17. The van der Waals surface area contributed by atoms with E-state index in [9.17, 15) is 18.0 Å². The van der Waals surface area contributed by atoms with E-state index in [1.54, 1.807) is 0 Å². The van der Waals surface area contributed by atoms with Crippen LogP contribution in [0.2, 0.25) is 0 Å². The summed E-state index contributed by atoms with van der Waals surface area (Å²) in [5, 5.41) is 17.4. The van der Waals surface area contributed by atoms with E-state index in [2.05, 4.69) is 0 Å². The molecule has 0 aliphatic carbocycles. The molecule has 0 atom stereocenters. The van der Waals surface area contributed by atoms with Gasteiger partial charge in [-0.15, -0.1) is 0 Å². The largest absolute Gasteiger partial charge is 0.480 e. The van der Waals surface area contributed by atoms with Crippen molar-refractivity contribution in [2.45, 2.75) is 4.90 Å². The van der Waals surface area contributed by atoms with Gasteiger partial charge >= 0.3 is 11.9 Å². The number of hydrogen-bond acceptors (Lipinski definition) is 5. The third-order valence-corrected chi connectivity index (χ3v) is 2.98. The number of carboxylic acids is 2. The van der Waals surface area contributed by atoms with E-state index in [0.29, 0.717) is 0 Å². The van der Waals surface area contributed by atoms with Crippen molar-refractivity contribution >= 4 is 27.7 Å². The maximum Gasteiger partial charge on any atom is 0.323 e. The quantitative estimate of drug-likeness (QED) is 0.619. The van der Waals surface area contributed by atoms with Crippen LogP contribution in [0.25, 0.3) is 0 Å². The van der Waals surface area contributed by atoms with E-state index < -0.39 is 40.0 Å². The molecule has 19 heavy (non-hydrogen) atoms. The summed E-state index contributed by atoms with van der Waals surface area (Å²) in [6, 6.07) is 4.73. The Morgan fingerprint density at radius 3 is 2.05 bits per heavy atom. The van der Waals surface area contributed by atoms with Crippen LogP contribution < -0.4 is 4.90 Å². The first-order chi connectivity index (χ1) is 8.70. The number of nitrogens with zero attached hydrogens (tertiary/aromatic N) is 1. The SMILES string of the molecule is O=C(O)CN(CC(=O)O)c1cccc(S(=O)(=O)O)c1. The number of carbonyl (C=O) groups is 2. The maximum atomic E-state index is 11.0. The van der Waals surface area contributed by atoms with Crippen LogP contribution in [0.3, 0.4) is 0 Å². The first-order valence-corrected chi connectivity index (χ1v) is 6.40. The van der Waals surface area contributed by atoms with Crippen LogP contribution in [-0.4, -0.2) is 48.2 Å². The number of benzene rings is 1. The van der Waals surface area contributed by atoms with Gasteiger partial charge in [0.2, 0.25) is 0 Å². The molecule has 0 aromatic heterocycles. The second-order valence-electron chi connectivity index (χ2n) is 3.62. The predicted octanol–water partition coefficient (Wildman–Crippen LogP) is -0.0911. The molecule has 0 bridgehead atoms. The van der Waals surface area contributed by atoms with Crippen LogP contribution >= 0.6 is 0 Å². The van der Waals surface area contributed by atoms with E-state index in [1.807, 2.05) is 0 Å². The van der Waals surface area contributed by atoms with E-state index in [1.165, 1.54) is 12.1 Å². The highest BCUT2D eigenvalue weighted by molar-refractivity contribution is 7.85. The fraction of sp³-hybridized carbons (Fsp3) is 0.200. The number of carboxylic acid groups (broad SMARTS) is 2. The molecule has 0 saturated heterocycles. The Morgan fingerprint density at radius 2 is 1.63 bits per heavy atom. The van der Waals surface area contributed by atoms with Gasteiger partial charge in [-0.2, -0.15) is 8.42 Å². The van der Waals surface area contributed by atoms with Gasteiger partial charge in [0.05, 0.1) is 4.90 Å². The molecule has 0 aliphatic rings. The molecule has 1 rings (SSSR count). The summed E-state index contributed by atoms with van der Waals surface area (Å²) in [4.78, 5) is 21.8. The lowest BCUT2D eigenvalue weighted by atomic mass is 10.3. The molecule has 0 amide bonds. The first kappa shape index (κ1) is 14.9. The molecule has 0 radical (unpaired) electrons. The lowest BCUT2D eigenvalue weighted by Crippen LogP contribution is -2.34. The van der Waals surface area contributed by atoms with Crippen LogP contribution in [0.1, 0.15) is 0 Å². The second kappa shape index (κ2) is 5.67. The standard InChI is InChI=1S/C10H11NO7S/c12-9(13)5-11(6-10(14)15)7-2-1-3-8(4-7)19(16,17)18/h1-4H,5-6H2,(H,12,13)(H,14,15)(H,16,17,18). The molecule has 1 aromatic carbocycles. The Labute approximate surface area is 108 Å². The zero-order valence-corrected chi connectivity index (χ0v) is 10.4. The Kier molecular flexibility index (Phi) is 4.46. The minimum atomic E-state index is -4.44. The molecule has 0 saturated carbocycles. The summed E-state index contributed by atoms with van der Waals surface area (Å²) in [6.07, 6.45) is 0. The molecule has 104 valence electrons. The normalized spacial score (nSPS) is 11.0. The number of hydrogen-bond donors (Lipinski definition) is 3. The molecule has 0 aliphatic heterocycles. The van der Waals surface area contributed by atoms with E-state index in [-0.39, 0.29) is 5.69 Å². The maximum absolute atomic E-state index is 11.0. The lowest BCUT2D eigenvalue weighted by molar-refractivity contribution is -0.136. The molecular formula is C10H11NO7S. The zero-order valence-electron chi connectivity index (χ0n) is 9.55. The number of aliphatic carboxylic acids is 2. The second-order valence-corrected chi connectivity index (χ2v) is 5.04. The topological polar surface area (TPSA) is 132 Å². The molecule has 3 N–H and O–H groups in total. The molecular weight excluding hydrogens is 278 g/mol. The fourth-order valence-electron chi connectivity index (χ4n) is 1.41. The van der Waals surface area contributed by atoms with Gasteiger partial charge in [0.25, 0.3) is 10.1 Å². The summed E-state index contributed by atoms with van der Waals surface area (Å²) in [6.45, 7) is -1.22. The Hall–Kier alpha value is -2.13. The van der Waals surface area contributed by atoms with Crippen molar-refractivity contribution in [3.63, 3.8) is 0 Å². The molecule has 0 heterocycles. The van der Waals surface area contributed by atoms with Crippen LogP contribution in [0.15, 0.2) is 29.2 Å². The third-order valence-electron chi connectivity index (χ3n) is 2.13. The summed E-state index contributed by atoms with van der Waals surface area (Å²) < 4.78 is 30.8. The number of rotatable bonds is 6. The van der Waals surface area contributed by atoms with Gasteiger partial charge in [0.15, 0.2) is 0 Å². The Balaban J connectivity index is 3.15. The summed E-state index contributed by atoms with van der Waals surface area (Å²) in [5.41, 5.74) is 0.0694. The smallest absolute Gasteiger partial charge is 0.323 e. The predicted molar refractivity (Wildman–Crippen MR) is 63.7 cm³/mol. The molecule has 0 unspecified atom stereocenters. The summed E-state index contributed by atoms with van der Waals surface area (Å²) in [7, 11) is -4.44. The van der Waals surface area contributed by atoms with Crippen molar-refractivity contribution in [2.24, 2.45) is 0 Å². The van der Waals surface area contributed by atoms with Gasteiger partial charge in [0, 0.05) is 5.69 Å². The van der Waals surface area contributed by atoms with Gasteiger partial charge in [-0.1, -0.05) is 6.07 Å². The van der Waals surface area contributed by atoms with Crippen molar-refractivity contribution < 1.29 is 32.8 Å². The van der Waals surface area contributed by atoms with Gasteiger partial charge < -0.3 is 15.1 Å². The van der Waals surface area contributed by atoms with Gasteiger partial charge in [-0.3, -0.25) is 14.1 Å². The Morgan fingerprint density at radius 1 is 1.11 bits per heavy atom. The van der Waals surface area contributed by atoms with Crippen LogP contribution in [-0.2, 0) is 19.7 Å².